The summed E-state index contributed by atoms with van der Waals surface area (Å²) in [5.74, 6) is -0.134. The summed E-state index contributed by atoms with van der Waals surface area (Å²) in [6.07, 6.45) is 3.00. The predicted octanol–water partition coefficient (Wildman–Crippen LogP) is 1.72. The van der Waals surface area contributed by atoms with Gasteiger partial charge in [0.25, 0.3) is 11.5 Å². The van der Waals surface area contributed by atoms with Crippen LogP contribution in [0.4, 0.5) is 0 Å². The molecule has 1 amide bonds. The summed E-state index contributed by atoms with van der Waals surface area (Å²) >= 11 is 0. The van der Waals surface area contributed by atoms with Gasteiger partial charge < -0.3 is 4.90 Å². The van der Waals surface area contributed by atoms with Crippen LogP contribution in [0.15, 0.2) is 40.7 Å². The van der Waals surface area contributed by atoms with Crippen molar-refractivity contribution in [3.8, 4) is 0 Å². The largest absolute Gasteiger partial charge is 0.333 e. The molecule has 2 aromatic rings. The number of rotatable bonds is 1. The Balaban J connectivity index is 2.06. The van der Waals surface area contributed by atoms with Gasteiger partial charge in [0.1, 0.15) is 0 Å². The maximum atomic E-state index is 12.6. The monoisotopic (exact) mass is 269 g/mol. The van der Waals surface area contributed by atoms with Crippen LogP contribution in [0.1, 0.15) is 23.8 Å². The van der Waals surface area contributed by atoms with E-state index in [-0.39, 0.29) is 11.5 Å². The van der Waals surface area contributed by atoms with E-state index in [1.807, 2.05) is 13.0 Å². The van der Waals surface area contributed by atoms with Crippen molar-refractivity contribution in [2.24, 2.45) is 0 Å². The first kappa shape index (κ1) is 12.6. The number of benzene rings is 1. The summed E-state index contributed by atoms with van der Waals surface area (Å²) in [6, 6.07) is 7.05. The van der Waals surface area contributed by atoms with E-state index in [0.29, 0.717) is 29.6 Å². The van der Waals surface area contributed by atoms with Crippen LogP contribution in [0.5, 0.6) is 0 Å². The van der Waals surface area contributed by atoms with Crippen LogP contribution in [0.3, 0.4) is 0 Å². The van der Waals surface area contributed by atoms with Crippen molar-refractivity contribution in [1.82, 2.24) is 15.1 Å². The fourth-order valence-electron chi connectivity index (χ4n) is 2.51. The zero-order valence-corrected chi connectivity index (χ0v) is 11.2. The Labute approximate surface area is 115 Å². The normalized spacial score (nSPS) is 15.2. The maximum absolute atomic E-state index is 12.6. The standard InChI is InChI=1S/C15H15N3O2/c1-10-5-4-8-18(9-10)15(20)13-11-6-2-3-7-12(11)14(19)17-16-13/h2-3,5-7H,4,8-9H2,1H3,(H,17,19). The van der Waals surface area contributed by atoms with Crippen molar-refractivity contribution in [2.75, 3.05) is 13.1 Å². The fraction of sp³-hybridized carbons (Fsp3) is 0.267. The van der Waals surface area contributed by atoms with Gasteiger partial charge in [-0.15, -0.1) is 0 Å². The van der Waals surface area contributed by atoms with E-state index < -0.39 is 0 Å². The minimum atomic E-state index is -0.271. The molecule has 1 aliphatic rings. The first-order valence-electron chi connectivity index (χ1n) is 6.59. The Bertz CT molecular complexity index is 761. The number of aromatic amines is 1. The zero-order valence-electron chi connectivity index (χ0n) is 11.2. The smallest absolute Gasteiger partial charge is 0.275 e. The molecule has 5 heteroatoms. The van der Waals surface area contributed by atoms with Crippen LogP contribution in [0.25, 0.3) is 10.8 Å². The van der Waals surface area contributed by atoms with Crippen molar-refractivity contribution in [3.63, 3.8) is 0 Å². The summed E-state index contributed by atoms with van der Waals surface area (Å²) < 4.78 is 0. The van der Waals surface area contributed by atoms with Crippen molar-refractivity contribution in [2.45, 2.75) is 13.3 Å². The average molecular weight is 269 g/mol. The first-order chi connectivity index (χ1) is 9.66. The number of H-pyrrole nitrogens is 1. The highest BCUT2D eigenvalue weighted by molar-refractivity contribution is 6.04. The number of carbonyl (C=O) groups is 1. The van der Waals surface area contributed by atoms with Gasteiger partial charge in [0.2, 0.25) is 0 Å². The minimum Gasteiger partial charge on any atom is -0.333 e. The molecule has 0 saturated carbocycles. The number of fused-ring (bicyclic) bond motifs is 1. The summed E-state index contributed by atoms with van der Waals surface area (Å²) in [5.41, 5.74) is 1.22. The minimum absolute atomic E-state index is 0.134. The van der Waals surface area contributed by atoms with E-state index in [4.69, 9.17) is 0 Å². The lowest BCUT2D eigenvalue weighted by molar-refractivity contribution is 0.0761. The van der Waals surface area contributed by atoms with E-state index >= 15 is 0 Å². The lowest BCUT2D eigenvalue weighted by Crippen LogP contribution is -2.36. The highest BCUT2D eigenvalue weighted by Crippen LogP contribution is 2.17. The highest BCUT2D eigenvalue weighted by atomic mass is 16.2. The molecule has 20 heavy (non-hydrogen) atoms. The average Bonchev–Trinajstić information content (AvgIpc) is 2.47. The van der Waals surface area contributed by atoms with E-state index in [1.54, 1.807) is 23.1 Å². The van der Waals surface area contributed by atoms with Gasteiger partial charge in [0.15, 0.2) is 5.69 Å². The summed E-state index contributed by atoms with van der Waals surface area (Å²) in [4.78, 5) is 26.1. The molecule has 3 rings (SSSR count). The van der Waals surface area contributed by atoms with Crippen LogP contribution in [-0.4, -0.2) is 34.1 Å². The number of carbonyl (C=O) groups excluding carboxylic acids is 1. The highest BCUT2D eigenvalue weighted by Gasteiger charge is 2.22. The Morgan fingerprint density at radius 1 is 1.30 bits per heavy atom. The lowest BCUT2D eigenvalue weighted by atomic mass is 10.1. The van der Waals surface area contributed by atoms with E-state index in [1.165, 1.54) is 5.57 Å². The molecule has 2 heterocycles. The predicted molar refractivity (Wildman–Crippen MR) is 76.6 cm³/mol. The van der Waals surface area contributed by atoms with Gasteiger partial charge in [-0.2, -0.15) is 5.10 Å². The van der Waals surface area contributed by atoms with Gasteiger partial charge in [-0.1, -0.05) is 29.8 Å². The number of hydrogen-bond donors (Lipinski definition) is 1. The topological polar surface area (TPSA) is 66.1 Å². The molecule has 102 valence electrons. The van der Waals surface area contributed by atoms with Gasteiger partial charge in [-0.3, -0.25) is 9.59 Å². The number of nitrogens with one attached hydrogen (secondary N) is 1. The van der Waals surface area contributed by atoms with E-state index in [0.717, 1.165) is 6.42 Å². The second kappa shape index (κ2) is 4.92. The number of hydrogen-bond acceptors (Lipinski definition) is 3. The molecule has 0 bridgehead atoms. The van der Waals surface area contributed by atoms with Crippen LogP contribution in [0, 0.1) is 0 Å². The maximum Gasteiger partial charge on any atom is 0.275 e. The SMILES string of the molecule is CC1=CCCN(C(=O)c2n[nH]c(=O)c3ccccc23)C1. The van der Waals surface area contributed by atoms with Crippen molar-refractivity contribution in [3.05, 3.63) is 52.0 Å². The molecule has 0 aliphatic carbocycles. The molecule has 0 saturated heterocycles. The summed E-state index contributed by atoms with van der Waals surface area (Å²) in [5, 5.41) is 7.47. The molecule has 1 aliphatic heterocycles. The van der Waals surface area contributed by atoms with Crippen LogP contribution in [-0.2, 0) is 0 Å². The summed E-state index contributed by atoms with van der Waals surface area (Å²) in [7, 11) is 0. The van der Waals surface area contributed by atoms with Gasteiger partial charge in [-0.25, -0.2) is 5.10 Å². The Morgan fingerprint density at radius 2 is 2.05 bits per heavy atom. The van der Waals surface area contributed by atoms with Crippen LogP contribution >= 0.6 is 0 Å². The van der Waals surface area contributed by atoms with E-state index in [9.17, 15) is 9.59 Å². The second-order valence-electron chi connectivity index (χ2n) is 5.01. The molecule has 1 aromatic heterocycles. The third kappa shape index (κ3) is 2.11. The Kier molecular flexibility index (Phi) is 3.10. The van der Waals surface area contributed by atoms with Gasteiger partial charge in [-0.05, 0) is 19.4 Å². The third-order valence-electron chi connectivity index (χ3n) is 3.52. The zero-order chi connectivity index (χ0) is 14.1. The molecule has 0 atom stereocenters. The second-order valence-corrected chi connectivity index (χ2v) is 5.01. The Morgan fingerprint density at radius 3 is 2.80 bits per heavy atom. The molecule has 5 nitrogen and oxygen atoms in total. The molecular formula is C15H15N3O2. The molecule has 0 unspecified atom stereocenters. The number of amides is 1. The van der Waals surface area contributed by atoms with Gasteiger partial charge in [0, 0.05) is 18.5 Å². The first-order valence-corrected chi connectivity index (χ1v) is 6.59. The van der Waals surface area contributed by atoms with Crippen LogP contribution in [0.2, 0.25) is 0 Å². The van der Waals surface area contributed by atoms with E-state index in [2.05, 4.69) is 16.3 Å². The molecular weight excluding hydrogens is 254 g/mol. The third-order valence-corrected chi connectivity index (χ3v) is 3.52. The molecule has 1 aromatic carbocycles. The number of nitrogens with zero attached hydrogens (tertiary/aromatic N) is 2. The lowest BCUT2D eigenvalue weighted by Gasteiger charge is -2.26. The number of aromatic nitrogens is 2. The summed E-state index contributed by atoms with van der Waals surface area (Å²) in [6.45, 7) is 3.32. The molecule has 0 radical (unpaired) electrons. The van der Waals surface area contributed by atoms with Crippen molar-refractivity contribution >= 4 is 16.7 Å². The fourth-order valence-corrected chi connectivity index (χ4v) is 2.51. The quantitative estimate of drug-likeness (QED) is 0.801. The van der Waals surface area contributed by atoms with Crippen LogP contribution < -0.4 is 5.56 Å². The molecule has 0 spiro atoms. The van der Waals surface area contributed by atoms with Gasteiger partial charge >= 0.3 is 0 Å². The van der Waals surface area contributed by atoms with Crippen molar-refractivity contribution in [1.29, 1.82) is 0 Å². The molecule has 1 N–H and O–H groups in total. The Hall–Kier alpha value is -2.43. The van der Waals surface area contributed by atoms with Crippen molar-refractivity contribution < 1.29 is 4.79 Å². The van der Waals surface area contributed by atoms with Gasteiger partial charge in [0.05, 0.1) is 5.39 Å². The molecule has 0 fully saturated rings.